The van der Waals surface area contributed by atoms with Crippen molar-refractivity contribution in [3.63, 3.8) is 0 Å². The van der Waals surface area contributed by atoms with Crippen molar-refractivity contribution in [2.75, 3.05) is 0 Å². The average molecular weight is 313 g/mol. The monoisotopic (exact) mass is 313 g/mol. The summed E-state index contributed by atoms with van der Waals surface area (Å²) in [5.74, 6) is -3.14. The van der Waals surface area contributed by atoms with Gasteiger partial charge in [-0.15, -0.1) is 0 Å². The molecular weight excluding hydrogens is 298 g/mol. The molecule has 0 fully saturated rings. The number of ketones is 2. The number of benzene rings is 1. The molecule has 0 aliphatic carbocycles. The number of carbonyl (C=O) groups is 3. The van der Waals surface area contributed by atoms with E-state index in [2.05, 4.69) is 0 Å². The summed E-state index contributed by atoms with van der Waals surface area (Å²) in [6.45, 7) is 2.00. The fourth-order valence-corrected chi connectivity index (χ4v) is 2.01. The number of aliphatic hydroxyl groups is 1. The summed E-state index contributed by atoms with van der Waals surface area (Å²) >= 11 is 0. The Hall–Kier alpha value is -3.15. The second-order valence-electron chi connectivity index (χ2n) is 5.02. The number of Topliss-reactive ketones (excluding diaryl/α,β-unsaturated/α-hetero) is 1. The maximum absolute atomic E-state index is 11.8. The normalized spacial score (nSPS) is 11.3. The van der Waals surface area contributed by atoms with Gasteiger partial charge in [-0.2, -0.15) is 0 Å². The van der Waals surface area contributed by atoms with Gasteiger partial charge in [0.1, 0.15) is 0 Å². The number of carboxylic acids is 1. The standard InChI is InChI=1S/C17H15NO5/c1-11(19)13-4-2-12(3-5-13)9-18-7-6-14(10-18)15(20)8-16(21)17(22)23/h2-8,10,21H,9H2,1H3,(H,22,23)/b16-8-. The molecule has 0 atom stereocenters. The lowest BCUT2D eigenvalue weighted by molar-refractivity contribution is -0.135. The van der Waals surface area contributed by atoms with E-state index in [0.717, 1.165) is 5.56 Å². The predicted octanol–water partition coefficient (Wildman–Crippen LogP) is 2.45. The van der Waals surface area contributed by atoms with E-state index < -0.39 is 17.5 Å². The Morgan fingerprint density at radius 2 is 1.70 bits per heavy atom. The molecule has 2 N–H and O–H groups in total. The summed E-state index contributed by atoms with van der Waals surface area (Å²) < 4.78 is 1.75. The van der Waals surface area contributed by atoms with E-state index in [1.807, 2.05) is 12.1 Å². The van der Waals surface area contributed by atoms with E-state index >= 15 is 0 Å². The van der Waals surface area contributed by atoms with Gasteiger partial charge in [0.15, 0.2) is 11.6 Å². The van der Waals surface area contributed by atoms with E-state index in [-0.39, 0.29) is 11.3 Å². The predicted molar refractivity (Wildman–Crippen MR) is 82.7 cm³/mol. The van der Waals surface area contributed by atoms with Crippen LogP contribution >= 0.6 is 0 Å². The highest BCUT2D eigenvalue weighted by Gasteiger charge is 2.10. The van der Waals surface area contributed by atoms with Crippen molar-refractivity contribution in [3.05, 3.63) is 71.3 Å². The minimum absolute atomic E-state index is 0.00424. The summed E-state index contributed by atoms with van der Waals surface area (Å²) in [4.78, 5) is 33.5. The minimum Gasteiger partial charge on any atom is -0.502 e. The van der Waals surface area contributed by atoms with Crippen molar-refractivity contribution in [1.82, 2.24) is 4.57 Å². The molecule has 0 spiro atoms. The van der Waals surface area contributed by atoms with Gasteiger partial charge in [-0.25, -0.2) is 4.79 Å². The molecule has 0 aliphatic rings. The third kappa shape index (κ3) is 4.16. The molecule has 118 valence electrons. The first-order valence-corrected chi connectivity index (χ1v) is 6.81. The van der Waals surface area contributed by atoms with Gasteiger partial charge in [0.2, 0.25) is 5.76 Å². The number of allylic oxidation sites excluding steroid dienone is 1. The van der Waals surface area contributed by atoms with Gasteiger partial charge in [0.05, 0.1) is 0 Å². The highest BCUT2D eigenvalue weighted by atomic mass is 16.4. The zero-order valence-electron chi connectivity index (χ0n) is 12.4. The van der Waals surface area contributed by atoms with Crippen LogP contribution in [0.25, 0.3) is 0 Å². The maximum atomic E-state index is 11.8. The maximum Gasteiger partial charge on any atom is 0.371 e. The lowest BCUT2D eigenvalue weighted by Crippen LogP contribution is -2.03. The van der Waals surface area contributed by atoms with Gasteiger partial charge in [0.25, 0.3) is 0 Å². The van der Waals surface area contributed by atoms with E-state index in [0.29, 0.717) is 18.2 Å². The quantitative estimate of drug-likeness (QED) is 0.485. The number of carboxylic acid groups (broad SMARTS) is 1. The fourth-order valence-electron chi connectivity index (χ4n) is 2.01. The van der Waals surface area contributed by atoms with Crippen molar-refractivity contribution >= 4 is 17.5 Å². The van der Waals surface area contributed by atoms with Crippen LogP contribution in [0.1, 0.15) is 33.2 Å². The Kier molecular flexibility index (Phi) is 4.75. The SMILES string of the molecule is CC(=O)c1ccc(Cn2ccc(C(=O)/C=C(\O)C(=O)O)c2)cc1. The number of aliphatic carboxylic acids is 1. The Labute approximate surface area is 132 Å². The number of hydrogen-bond acceptors (Lipinski definition) is 4. The molecule has 0 radical (unpaired) electrons. The molecule has 2 rings (SSSR count). The van der Waals surface area contributed by atoms with E-state index in [1.54, 1.807) is 29.1 Å². The van der Waals surface area contributed by atoms with Gasteiger partial charge < -0.3 is 14.8 Å². The minimum atomic E-state index is -1.55. The summed E-state index contributed by atoms with van der Waals surface area (Å²) in [6, 6.07) is 8.67. The zero-order chi connectivity index (χ0) is 17.0. The summed E-state index contributed by atoms with van der Waals surface area (Å²) in [6.07, 6.45) is 3.91. The smallest absolute Gasteiger partial charge is 0.371 e. The van der Waals surface area contributed by atoms with Crippen LogP contribution < -0.4 is 0 Å². The molecule has 1 aromatic carbocycles. The highest BCUT2D eigenvalue weighted by molar-refractivity contribution is 6.07. The van der Waals surface area contributed by atoms with Crippen LogP contribution in [-0.2, 0) is 11.3 Å². The third-order valence-electron chi connectivity index (χ3n) is 3.25. The molecule has 0 saturated heterocycles. The Bertz CT molecular complexity index is 784. The summed E-state index contributed by atoms with van der Waals surface area (Å²) in [7, 11) is 0. The van der Waals surface area contributed by atoms with Crippen LogP contribution in [0, 0.1) is 0 Å². The molecule has 0 aliphatic heterocycles. The number of aliphatic hydroxyl groups excluding tert-OH is 1. The first kappa shape index (κ1) is 16.2. The lowest BCUT2D eigenvalue weighted by atomic mass is 10.1. The van der Waals surface area contributed by atoms with Gasteiger partial charge in [-0.1, -0.05) is 24.3 Å². The number of nitrogens with zero attached hydrogens (tertiary/aromatic N) is 1. The number of aromatic nitrogens is 1. The van der Waals surface area contributed by atoms with Crippen LogP contribution in [0.2, 0.25) is 0 Å². The van der Waals surface area contributed by atoms with Crippen molar-refractivity contribution in [2.45, 2.75) is 13.5 Å². The van der Waals surface area contributed by atoms with Crippen molar-refractivity contribution in [3.8, 4) is 0 Å². The molecule has 0 saturated carbocycles. The third-order valence-corrected chi connectivity index (χ3v) is 3.25. The van der Waals surface area contributed by atoms with Crippen LogP contribution in [0.3, 0.4) is 0 Å². The van der Waals surface area contributed by atoms with Crippen LogP contribution in [0.4, 0.5) is 0 Å². The molecule has 1 aromatic heterocycles. The van der Waals surface area contributed by atoms with Crippen LogP contribution in [0.15, 0.2) is 54.6 Å². The first-order valence-electron chi connectivity index (χ1n) is 6.81. The molecule has 0 unspecified atom stereocenters. The topological polar surface area (TPSA) is 96.6 Å². The van der Waals surface area contributed by atoms with E-state index in [1.165, 1.54) is 13.0 Å². The Morgan fingerprint density at radius 3 is 2.26 bits per heavy atom. The van der Waals surface area contributed by atoms with Crippen LogP contribution in [-0.4, -0.2) is 32.3 Å². The number of hydrogen-bond donors (Lipinski definition) is 2. The molecule has 2 aromatic rings. The van der Waals surface area contributed by atoms with Gasteiger partial charge in [-0.3, -0.25) is 9.59 Å². The van der Waals surface area contributed by atoms with E-state index in [4.69, 9.17) is 10.2 Å². The highest BCUT2D eigenvalue weighted by Crippen LogP contribution is 2.10. The molecular formula is C17H15NO5. The number of rotatable bonds is 6. The van der Waals surface area contributed by atoms with Gasteiger partial charge >= 0.3 is 5.97 Å². The first-order chi connectivity index (χ1) is 10.9. The number of carbonyl (C=O) groups excluding carboxylic acids is 2. The second-order valence-corrected chi connectivity index (χ2v) is 5.02. The van der Waals surface area contributed by atoms with Gasteiger partial charge in [-0.05, 0) is 18.6 Å². The van der Waals surface area contributed by atoms with Gasteiger partial charge in [0, 0.05) is 36.1 Å². The molecule has 0 bridgehead atoms. The van der Waals surface area contributed by atoms with Crippen molar-refractivity contribution in [1.29, 1.82) is 0 Å². The van der Waals surface area contributed by atoms with Crippen molar-refractivity contribution < 1.29 is 24.6 Å². The summed E-state index contributed by atoms with van der Waals surface area (Å²) in [5, 5.41) is 17.6. The summed E-state index contributed by atoms with van der Waals surface area (Å²) in [5.41, 5.74) is 1.86. The Balaban J connectivity index is 2.10. The molecule has 23 heavy (non-hydrogen) atoms. The average Bonchev–Trinajstić information content (AvgIpc) is 2.96. The van der Waals surface area contributed by atoms with E-state index in [9.17, 15) is 14.4 Å². The Morgan fingerprint density at radius 1 is 1.04 bits per heavy atom. The molecule has 0 amide bonds. The lowest BCUT2D eigenvalue weighted by Gasteiger charge is -2.04. The fraction of sp³-hybridized carbons (Fsp3) is 0.118. The second kappa shape index (κ2) is 6.74. The molecule has 1 heterocycles. The van der Waals surface area contributed by atoms with Crippen molar-refractivity contribution in [2.24, 2.45) is 0 Å². The van der Waals surface area contributed by atoms with Crippen LogP contribution in [0.5, 0.6) is 0 Å². The molecule has 6 heteroatoms. The largest absolute Gasteiger partial charge is 0.502 e. The zero-order valence-corrected chi connectivity index (χ0v) is 12.4. The molecule has 6 nitrogen and oxygen atoms in total.